The highest BCUT2D eigenvalue weighted by atomic mass is 79.9. The fourth-order valence-electron chi connectivity index (χ4n) is 1.96. The number of nitrogens with zero attached hydrogens (tertiary/aromatic N) is 5. The van der Waals surface area contributed by atoms with Gasteiger partial charge >= 0.3 is 11.5 Å². The number of hydrogen-bond donors (Lipinski definition) is 0. The second-order valence-electron chi connectivity index (χ2n) is 3.88. The van der Waals surface area contributed by atoms with E-state index in [0.717, 1.165) is 10.5 Å². The van der Waals surface area contributed by atoms with E-state index in [-0.39, 0.29) is 16.9 Å². The Labute approximate surface area is 118 Å². The van der Waals surface area contributed by atoms with Crippen molar-refractivity contribution in [3.05, 3.63) is 49.2 Å². The van der Waals surface area contributed by atoms with Crippen LogP contribution in [0.25, 0.3) is 16.7 Å². The summed E-state index contributed by atoms with van der Waals surface area (Å²) in [4.78, 5) is 28.7. The molecule has 0 saturated heterocycles. The van der Waals surface area contributed by atoms with Gasteiger partial charge < -0.3 is 10.1 Å². The van der Waals surface area contributed by atoms with Gasteiger partial charge in [0.1, 0.15) is 6.07 Å². The van der Waals surface area contributed by atoms with E-state index in [0.29, 0.717) is 9.99 Å². The average Bonchev–Trinajstić information content (AvgIpc) is 2.78. The van der Waals surface area contributed by atoms with Crippen LogP contribution in [0, 0.1) is 20.2 Å². The van der Waals surface area contributed by atoms with Crippen LogP contribution < -0.4 is 0 Å². The smallest absolute Gasteiger partial charge is 0.336 e. The molecule has 0 aliphatic carbocycles. The van der Waals surface area contributed by atoms with E-state index in [9.17, 15) is 20.2 Å². The highest BCUT2D eigenvalue weighted by Gasteiger charge is 2.28. The molecule has 0 aliphatic rings. The summed E-state index contributed by atoms with van der Waals surface area (Å²) >= 11 is 3.21. The fourth-order valence-corrected chi connectivity index (χ4v) is 2.28. The van der Waals surface area contributed by atoms with E-state index in [1.54, 1.807) is 6.07 Å². The fraction of sp³-hybridized carbons (Fsp3) is 0. The third-order valence-electron chi connectivity index (χ3n) is 2.75. The average molecular weight is 338 g/mol. The number of rotatable bonds is 2. The van der Waals surface area contributed by atoms with Gasteiger partial charge in [0.05, 0.1) is 11.1 Å². The first-order valence-corrected chi connectivity index (χ1v) is 6.03. The molecule has 0 saturated carbocycles. The van der Waals surface area contributed by atoms with Gasteiger partial charge in [0.25, 0.3) is 0 Å². The molecule has 3 rings (SSSR count). The van der Waals surface area contributed by atoms with Gasteiger partial charge in [-0.3, -0.25) is 10.1 Å². The highest BCUT2D eigenvalue weighted by molar-refractivity contribution is 9.10. The van der Waals surface area contributed by atoms with Gasteiger partial charge in [-0.1, -0.05) is 0 Å². The lowest BCUT2D eigenvalue weighted by atomic mass is 10.4. The Morgan fingerprint density at radius 3 is 2.40 bits per heavy atom. The van der Waals surface area contributed by atoms with Crippen molar-refractivity contribution in [3.63, 3.8) is 0 Å². The molecule has 0 spiro atoms. The van der Waals surface area contributed by atoms with Gasteiger partial charge in [0, 0.05) is 16.7 Å². The Morgan fingerprint density at radius 1 is 1.05 bits per heavy atom. The first-order chi connectivity index (χ1) is 9.49. The molecule has 0 fully saturated rings. The Morgan fingerprint density at radius 2 is 1.75 bits per heavy atom. The zero-order chi connectivity index (χ0) is 14.4. The van der Waals surface area contributed by atoms with Crippen molar-refractivity contribution in [2.75, 3.05) is 0 Å². The van der Waals surface area contributed by atoms with Crippen LogP contribution in [-0.4, -0.2) is 24.2 Å². The van der Waals surface area contributed by atoms with Crippen LogP contribution >= 0.6 is 15.9 Å². The minimum Gasteiger partial charge on any atom is -0.358 e. The minimum absolute atomic E-state index is 0.0501. The number of hydrogen-bond acceptors (Lipinski definition) is 6. The van der Waals surface area contributed by atoms with Gasteiger partial charge in [0.15, 0.2) is 5.52 Å². The summed E-state index contributed by atoms with van der Waals surface area (Å²) in [6.45, 7) is 0. The zero-order valence-corrected chi connectivity index (χ0v) is 11.1. The predicted octanol–water partition coefficient (Wildman–Crippen LogP) is 2.46. The number of fused-ring (bicyclic) bond motifs is 3. The predicted molar refractivity (Wildman–Crippen MR) is 71.5 cm³/mol. The van der Waals surface area contributed by atoms with E-state index in [1.165, 1.54) is 12.4 Å². The molecule has 0 atom stereocenters. The van der Waals surface area contributed by atoms with E-state index in [1.807, 2.05) is 0 Å². The van der Waals surface area contributed by atoms with Gasteiger partial charge in [-0.2, -0.15) is 4.40 Å². The van der Waals surface area contributed by atoms with E-state index >= 15 is 0 Å². The summed E-state index contributed by atoms with van der Waals surface area (Å²) in [6.07, 6.45) is 2.69. The second-order valence-corrected chi connectivity index (χ2v) is 4.79. The Bertz CT molecular complexity index is 890. The van der Waals surface area contributed by atoms with Crippen molar-refractivity contribution < 1.29 is 9.85 Å². The molecule has 0 N–H and O–H groups in total. The second kappa shape index (κ2) is 4.20. The molecule has 20 heavy (non-hydrogen) atoms. The molecule has 3 heterocycles. The molecular weight excluding hydrogens is 334 g/mol. The summed E-state index contributed by atoms with van der Waals surface area (Å²) in [6, 6.07) is 2.48. The summed E-state index contributed by atoms with van der Waals surface area (Å²) in [5.41, 5.74) is 0.256. The Balaban J connectivity index is 2.57. The molecule has 0 unspecified atom stereocenters. The number of nitro groups is 2. The van der Waals surface area contributed by atoms with Crippen LogP contribution in [0.1, 0.15) is 0 Å². The number of halogens is 1. The minimum atomic E-state index is -0.680. The van der Waals surface area contributed by atoms with Crippen molar-refractivity contribution in [1.29, 1.82) is 0 Å². The normalized spacial score (nSPS) is 11.1. The largest absolute Gasteiger partial charge is 0.358 e. The first-order valence-electron chi connectivity index (χ1n) is 5.23. The van der Waals surface area contributed by atoms with Crippen molar-refractivity contribution in [3.8, 4) is 0 Å². The quantitative estimate of drug-likeness (QED) is 0.523. The third kappa shape index (κ3) is 1.69. The maximum atomic E-state index is 11.1. The molecule has 0 aliphatic heterocycles. The SMILES string of the molecule is O=[N+]([O-])c1cc([N+](=O)[O-])n2c1cnc1ncc(Br)cc12. The number of pyridine rings is 1. The van der Waals surface area contributed by atoms with Crippen LogP contribution in [0.2, 0.25) is 0 Å². The van der Waals surface area contributed by atoms with Crippen molar-refractivity contribution in [2.24, 2.45) is 0 Å². The molecule has 10 heteroatoms. The molecule has 0 aromatic carbocycles. The lowest BCUT2D eigenvalue weighted by Crippen LogP contribution is -1.98. The standard InChI is InChI=1S/C10H4BrN5O4/c11-5-1-7-10(12-3-5)13-4-8-6(15(17)18)2-9(14(7)8)16(19)20/h1-4H. The van der Waals surface area contributed by atoms with Crippen LogP contribution in [0.4, 0.5) is 11.5 Å². The van der Waals surface area contributed by atoms with Crippen molar-refractivity contribution >= 4 is 44.1 Å². The molecule has 0 bridgehead atoms. The first kappa shape index (κ1) is 12.4. The maximum Gasteiger partial charge on any atom is 0.336 e. The molecule has 0 radical (unpaired) electrons. The van der Waals surface area contributed by atoms with Gasteiger partial charge in [-0.05, 0) is 20.9 Å². The monoisotopic (exact) mass is 337 g/mol. The summed E-state index contributed by atoms with van der Waals surface area (Å²) in [5.74, 6) is -0.404. The lowest BCUT2D eigenvalue weighted by molar-refractivity contribution is -0.393. The van der Waals surface area contributed by atoms with Crippen LogP contribution in [0.5, 0.6) is 0 Å². The Kier molecular flexibility index (Phi) is 2.61. The van der Waals surface area contributed by atoms with Crippen LogP contribution in [0.3, 0.4) is 0 Å². The molecular formula is C10H4BrN5O4. The number of aromatic nitrogens is 3. The van der Waals surface area contributed by atoms with Crippen molar-refractivity contribution in [2.45, 2.75) is 0 Å². The molecule has 100 valence electrons. The summed E-state index contributed by atoms with van der Waals surface area (Å²) in [5, 5.41) is 22.1. The summed E-state index contributed by atoms with van der Waals surface area (Å²) < 4.78 is 1.75. The van der Waals surface area contributed by atoms with Crippen LogP contribution in [-0.2, 0) is 0 Å². The van der Waals surface area contributed by atoms with E-state index < -0.39 is 15.7 Å². The molecule has 9 nitrogen and oxygen atoms in total. The maximum absolute atomic E-state index is 11.1. The molecule has 0 amide bonds. The topological polar surface area (TPSA) is 116 Å². The summed E-state index contributed by atoms with van der Waals surface area (Å²) in [7, 11) is 0. The van der Waals surface area contributed by atoms with E-state index in [4.69, 9.17) is 0 Å². The van der Waals surface area contributed by atoms with Gasteiger partial charge in [0.2, 0.25) is 11.2 Å². The van der Waals surface area contributed by atoms with Crippen LogP contribution in [0.15, 0.2) is 29.0 Å². The van der Waals surface area contributed by atoms with Gasteiger partial charge in [-0.25, -0.2) is 9.97 Å². The van der Waals surface area contributed by atoms with Gasteiger partial charge in [-0.15, -0.1) is 0 Å². The zero-order valence-electron chi connectivity index (χ0n) is 9.56. The molecule has 3 aromatic rings. The van der Waals surface area contributed by atoms with E-state index in [2.05, 4.69) is 25.9 Å². The Hall–Kier alpha value is -2.62. The van der Waals surface area contributed by atoms with Crippen molar-refractivity contribution in [1.82, 2.24) is 14.4 Å². The molecule has 3 aromatic heterocycles. The highest BCUT2D eigenvalue weighted by Crippen LogP contribution is 2.31. The lowest BCUT2D eigenvalue weighted by Gasteiger charge is -1.99. The third-order valence-corrected chi connectivity index (χ3v) is 3.18.